The van der Waals surface area contributed by atoms with Crippen molar-refractivity contribution in [3.8, 4) is 0 Å². The molecule has 0 amide bonds. The topological polar surface area (TPSA) is 0 Å². The van der Waals surface area contributed by atoms with E-state index in [4.69, 9.17) is 0 Å². The Bertz CT molecular complexity index is 210. The lowest BCUT2D eigenvalue weighted by molar-refractivity contribution is 0.928. The highest BCUT2D eigenvalue weighted by Crippen LogP contribution is 2.06. The van der Waals surface area contributed by atoms with Crippen LogP contribution in [0.5, 0.6) is 0 Å². The minimum absolute atomic E-state index is 1.13. The number of hydrogen-bond donors (Lipinski definition) is 0. The van der Waals surface area contributed by atoms with Crippen LogP contribution in [0.2, 0.25) is 0 Å². The maximum absolute atomic E-state index is 3.20. The lowest BCUT2D eigenvalue weighted by Crippen LogP contribution is -1.72. The van der Waals surface area contributed by atoms with Crippen LogP contribution in [-0.2, 0) is 0 Å². The van der Waals surface area contributed by atoms with E-state index in [1.807, 2.05) is 18.2 Å². The van der Waals surface area contributed by atoms with Gasteiger partial charge in [0.2, 0.25) is 0 Å². The first kappa shape index (κ1) is 7.11. The molecule has 1 rings (SSSR count). The van der Waals surface area contributed by atoms with Gasteiger partial charge in [0, 0.05) is 0 Å². The molecular weight excluding hydrogens is 120 g/mol. The molecule has 0 fully saturated rings. The highest BCUT2D eigenvalue weighted by atomic mass is 13.9. The number of allylic oxidation sites excluding steroid dienone is 5. The summed E-state index contributed by atoms with van der Waals surface area (Å²) in [5.74, 6) is 0. The summed E-state index contributed by atoms with van der Waals surface area (Å²) in [6, 6.07) is 0. The van der Waals surface area contributed by atoms with Gasteiger partial charge in [-0.1, -0.05) is 37.6 Å². The molecular formula is C10H12. The van der Waals surface area contributed by atoms with Crippen LogP contribution in [0.4, 0.5) is 0 Å². The molecule has 0 saturated heterocycles. The average Bonchev–Trinajstić information content (AvgIpc) is 2.17. The van der Waals surface area contributed by atoms with Crippen molar-refractivity contribution in [1.29, 1.82) is 0 Å². The van der Waals surface area contributed by atoms with E-state index in [9.17, 15) is 0 Å². The molecule has 0 aromatic heterocycles. The predicted molar refractivity (Wildman–Crippen MR) is 44.8 cm³/mol. The fraction of sp³-hybridized carbons (Fsp3) is 0.300. The van der Waals surface area contributed by atoms with Crippen LogP contribution >= 0.6 is 0 Å². The first-order valence-electron chi connectivity index (χ1n) is 3.72. The van der Waals surface area contributed by atoms with E-state index in [0.717, 1.165) is 6.42 Å². The van der Waals surface area contributed by atoms with Gasteiger partial charge in [-0.2, -0.15) is 0 Å². The quantitative estimate of drug-likeness (QED) is 0.507. The largest absolute Gasteiger partial charge is 0.117 e. The molecule has 0 heteroatoms. The Morgan fingerprint density at radius 1 is 1.30 bits per heavy atom. The SMILES string of the molecule is CCCC1=C=CC=CC=C1. The Morgan fingerprint density at radius 3 is 3.00 bits per heavy atom. The highest BCUT2D eigenvalue weighted by molar-refractivity contribution is 5.27. The van der Waals surface area contributed by atoms with Crippen LogP contribution in [0.1, 0.15) is 19.8 Å². The molecule has 0 heterocycles. The minimum Gasteiger partial charge on any atom is -0.117 e. The maximum Gasteiger partial charge on any atom is -0.00605 e. The molecule has 0 spiro atoms. The van der Waals surface area contributed by atoms with E-state index in [2.05, 4.69) is 24.8 Å². The fourth-order valence-electron chi connectivity index (χ4n) is 0.920. The van der Waals surface area contributed by atoms with Gasteiger partial charge in [-0.05, 0) is 18.1 Å². The molecule has 1 aliphatic carbocycles. The van der Waals surface area contributed by atoms with E-state index in [1.54, 1.807) is 0 Å². The van der Waals surface area contributed by atoms with E-state index < -0.39 is 0 Å². The summed E-state index contributed by atoms with van der Waals surface area (Å²) in [5.41, 5.74) is 4.50. The Kier molecular flexibility index (Phi) is 2.79. The average molecular weight is 132 g/mol. The first-order valence-corrected chi connectivity index (χ1v) is 3.72. The molecule has 0 aliphatic heterocycles. The Balaban J connectivity index is 2.67. The van der Waals surface area contributed by atoms with Gasteiger partial charge in [0.15, 0.2) is 0 Å². The molecule has 0 atom stereocenters. The minimum atomic E-state index is 1.13. The predicted octanol–water partition coefficient (Wildman–Crippen LogP) is 2.99. The summed E-state index contributed by atoms with van der Waals surface area (Å²) in [7, 11) is 0. The van der Waals surface area contributed by atoms with Crippen molar-refractivity contribution in [1.82, 2.24) is 0 Å². The van der Waals surface area contributed by atoms with Gasteiger partial charge in [0.05, 0.1) is 0 Å². The van der Waals surface area contributed by atoms with Crippen molar-refractivity contribution in [2.75, 3.05) is 0 Å². The van der Waals surface area contributed by atoms with Crippen LogP contribution < -0.4 is 0 Å². The van der Waals surface area contributed by atoms with Crippen LogP contribution in [0.3, 0.4) is 0 Å². The Morgan fingerprint density at radius 2 is 2.20 bits per heavy atom. The molecule has 10 heavy (non-hydrogen) atoms. The van der Waals surface area contributed by atoms with E-state index >= 15 is 0 Å². The van der Waals surface area contributed by atoms with Crippen molar-refractivity contribution in [2.24, 2.45) is 0 Å². The third-order valence-corrected chi connectivity index (χ3v) is 1.40. The molecule has 0 aromatic carbocycles. The van der Waals surface area contributed by atoms with Gasteiger partial charge >= 0.3 is 0 Å². The second kappa shape index (κ2) is 3.92. The van der Waals surface area contributed by atoms with Crippen molar-refractivity contribution < 1.29 is 0 Å². The standard InChI is InChI=1S/C10H12/c1-2-7-10-8-5-3-4-6-9-10/h3-6,8H,2,7H2,1H3. The van der Waals surface area contributed by atoms with Gasteiger partial charge in [-0.25, -0.2) is 0 Å². The van der Waals surface area contributed by atoms with Crippen molar-refractivity contribution >= 4 is 0 Å². The van der Waals surface area contributed by atoms with Gasteiger partial charge in [-0.3, -0.25) is 0 Å². The third kappa shape index (κ3) is 2.08. The summed E-state index contributed by atoms with van der Waals surface area (Å²) in [5, 5.41) is 0. The summed E-state index contributed by atoms with van der Waals surface area (Å²) >= 11 is 0. The summed E-state index contributed by atoms with van der Waals surface area (Å²) < 4.78 is 0. The van der Waals surface area contributed by atoms with Crippen molar-refractivity contribution in [2.45, 2.75) is 19.8 Å². The molecule has 0 unspecified atom stereocenters. The Labute approximate surface area is 62.3 Å². The van der Waals surface area contributed by atoms with Gasteiger partial charge in [-0.15, -0.1) is 5.73 Å². The second-order valence-corrected chi connectivity index (χ2v) is 2.33. The lowest BCUT2D eigenvalue weighted by Gasteiger charge is -1.90. The smallest absolute Gasteiger partial charge is 0.00605 e. The molecule has 0 bridgehead atoms. The molecule has 52 valence electrons. The Hall–Kier alpha value is -1.00. The monoisotopic (exact) mass is 132 g/mol. The molecule has 0 N–H and O–H groups in total. The van der Waals surface area contributed by atoms with E-state index in [0.29, 0.717) is 0 Å². The first-order chi connectivity index (χ1) is 4.93. The zero-order chi connectivity index (χ0) is 7.23. The zero-order valence-electron chi connectivity index (χ0n) is 6.30. The maximum atomic E-state index is 3.20. The molecule has 0 nitrogen and oxygen atoms in total. The summed E-state index contributed by atoms with van der Waals surface area (Å²) in [4.78, 5) is 0. The molecule has 0 aromatic rings. The molecule has 1 aliphatic rings. The number of rotatable bonds is 2. The van der Waals surface area contributed by atoms with Crippen LogP contribution in [0.15, 0.2) is 41.7 Å². The van der Waals surface area contributed by atoms with Crippen LogP contribution in [0.25, 0.3) is 0 Å². The van der Waals surface area contributed by atoms with E-state index in [1.165, 1.54) is 12.0 Å². The second-order valence-electron chi connectivity index (χ2n) is 2.33. The molecule has 0 radical (unpaired) electrons. The summed E-state index contributed by atoms with van der Waals surface area (Å²) in [6.45, 7) is 2.18. The molecule has 0 saturated carbocycles. The van der Waals surface area contributed by atoms with Crippen molar-refractivity contribution in [3.05, 3.63) is 41.7 Å². The third-order valence-electron chi connectivity index (χ3n) is 1.40. The van der Waals surface area contributed by atoms with Crippen LogP contribution in [0, 0.1) is 0 Å². The van der Waals surface area contributed by atoms with Gasteiger partial charge < -0.3 is 0 Å². The van der Waals surface area contributed by atoms with Crippen molar-refractivity contribution in [3.63, 3.8) is 0 Å². The highest BCUT2D eigenvalue weighted by Gasteiger charge is 1.87. The van der Waals surface area contributed by atoms with Gasteiger partial charge in [0.25, 0.3) is 0 Å². The summed E-state index contributed by atoms with van der Waals surface area (Å²) in [6.07, 6.45) is 12.5. The van der Waals surface area contributed by atoms with E-state index in [-0.39, 0.29) is 0 Å². The zero-order valence-corrected chi connectivity index (χ0v) is 6.30. The van der Waals surface area contributed by atoms with Crippen LogP contribution in [-0.4, -0.2) is 0 Å². The normalized spacial score (nSPS) is 15.1. The lowest BCUT2D eigenvalue weighted by atomic mass is 10.1. The fourth-order valence-corrected chi connectivity index (χ4v) is 0.920. The van der Waals surface area contributed by atoms with Gasteiger partial charge in [0.1, 0.15) is 0 Å². The number of hydrogen-bond acceptors (Lipinski definition) is 0.